The summed E-state index contributed by atoms with van der Waals surface area (Å²) in [5, 5.41) is 0.954. The van der Waals surface area contributed by atoms with Crippen LogP contribution >= 0.6 is 22.6 Å². The normalized spacial score (nSPS) is 10.8. The first-order valence-corrected chi connectivity index (χ1v) is 6.40. The molecule has 88 valence electrons. The summed E-state index contributed by atoms with van der Waals surface area (Å²) in [7, 11) is 0. The number of pyridine rings is 1. The highest BCUT2D eigenvalue weighted by molar-refractivity contribution is 14.1. The maximum absolute atomic E-state index is 11.7. The summed E-state index contributed by atoms with van der Waals surface area (Å²) in [4.78, 5) is 16.0. The molecule has 0 saturated heterocycles. The minimum Gasteiger partial charge on any atom is -0.459 e. The van der Waals surface area contributed by atoms with Gasteiger partial charge in [-0.1, -0.05) is 0 Å². The van der Waals surface area contributed by atoms with Crippen LogP contribution in [0.25, 0.3) is 10.9 Å². The molecule has 3 nitrogen and oxygen atoms in total. The van der Waals surface area contributed by atoms with Crippen molar-refractivity contribution in [2.45, 2.75) is 20.0 Å². The Morgan fingerprint density at radius 1 is 1.35 bits per heavy atom. The lowest BCUT2D eigenvalue weighted by Gasteiger charge is -2.08. The number of nitrogens with zero attached hydrogens (tertiary/aromatic N) is 1. The first kappa shape index (κ1) is 12.3. The van der Waals surface area contributed by atoms with E-state index in [-0.39, 0.29) is 12.1 Å². The molecule has 0 fully saturated rings. The van der Waals surface area contributed by atoms with Crippen molar-refractivity contribution in [1.82, 2.24) is 4.98 Å². The van der Waals surface area contributed by atoms with Crippen molar-refractivity contribution in [2.75, 3.05) is 0 Å². The van der Waals surface area contributed by atoms with Gasteiger partial charge in [-0.3, -0.25) is 4.98 Å². The van der Waals surface area contributed by atoms with E-state index in [1.807, 2.05) is 38.1 Å². The molecular weight excluding hydrogens is 329 g/mol. The second kappa shape index (κ2) is 5.00. The van der Waals surface area contributed by atoms with Gasteiger partial charge in [0.15, 0.2) is 0 Å². The number of rotatable bonds is 2. The van der Waals surface area contributed by atoms with E-state index in [1.165, 1.54) is 0 Å². The molecule has 0 aliphatic rings. The molecule has 1 aromatic carbocycles. The van der Waals surface area contributed by atoms with Gasteiger partial charge in [-0.15, -0.1) is 0 Å². The van der Waals surface area contributed by atoms with Gasteiger partial charge >= 0.3 is 5.97 Å². The topological polar surface area (TPSA) is 39.2 Å². The molecule has 1 aromatic heterocycles. The maximum atomic E-state index is 11.7. The summed E-state index contributed by atoms with van der Waals surface area (Å²) in [6.07, 6.45) is 1.44. The monoisotopic (exact) mass is 341 g/mol. The van der Waals surface area contributed by atoms with Crippen LogP contribution in [0.4, 0.5) is 0 Å². The van der Waals surface area contributed by atoms with Gasteiger partial charge in [-0.2, -0.15) is 0 Å². The summed E-state index contributed by atoms with van der Waals surface area (Å²) >= 11 is 2.23. The molecule has 4 heteroatoms. The van der Waals surface area contributed by atoms with Gasteiger partial charge in [-0.05, 0) is 60.7 Å². The van der Waals surface area contributed by atoms with Crippen LogP contribution in [0.3, 0.4) is 0 Å². The largest absolute Gasteiger partial charge is 0.459 e. The Morgan fingerprint density at radius 2 is 2.12 bits per heavy atom. The van der Waals surface area contributed by atoms with Crippen LogP contribution in [0.2, 0.25) is 0 Å². The van der Waals surface area contributed by atoms with Crippen LogP contribution in [0.5, 0.6) is 0 Å². The zero-order chi connectivity index (χ0) is 12.4. The third-order valence-electron chi connectivity index (χ3n) is 2.22. The second-order valence-electron chi connectivity index (χ2n) is 4.02. The first-order valence-electron chi connectivity index (χ1n) is 5.32. The zero-order valence-corrected chi connectivity index (χ0v) is 11.8. The Hall–Kier alpha value is -1.17. The Labute approximate surface area is 113 Å². The van der Waals surface area contributed by atoms with E-state index in [0.29, 0.717) is 5.56 Å². The van der Waals surface area contributed by atoms with Crippen LogP contribution < -0.4 is 0 Å². The standard InChI is InChI=1S/C13H12INO2/c1-8(2)17-13(16)10-5-9-6-11(14)3-4-12(9)15-7-10/h3-8H,1-2H3. The van der Waals surface area contributed by atoms with Crippen LogP contribution in [0.1, 0.15) is 24.2 Å². The van der Waals surface area contributed by atoms with Crippen LogP contribution in [0.15, 0.2) is 30.5 Å². The third kappa shape index (κ3) is 2.94. The molecule has 2 aromatic rings. The van der Waals surface area contributed by atoms with Crippen LogP contribution in [0, 0.1) is 3.57 Å². The van der Waals surface area contributed by atoms with Crippen molar-refractivity contribution < 1.29 is 9.53 Å². The number of fused-ring (bicyclic) bond motifs is 1. The van der Waals surface area contributed by atoms with E-state index < -0.39 is 0 Å². The molecule has 0 N–H and O–H groups in total. The van der Waals surface area contributed by atoms with Crippen LogP contribution in [-0.4, -0.2) is 17.1 Å². The maximum Gasteiger partial charge on any atom is 0.339 e. The van der Waals surface area contributed by atoms with Gasteiger partial charge in [0, 0.05) is 15.2 Å². The Bertz CT molecular complexity index is 566. The van der Waals surface area contributed by atoms with E-state index in [0.717, 1.165) is 14.5 Å². The quantitative estimate of drug-likeness (QED) is 0.621. The van der Waals surface area contributed by atoms with Gasteiger partial charge < -0.3 is 4.74 Å². The predicted octanol–water partition coefficient (Wildman–Crippen LogP) is 3.40. The Morgan fingerprint density at radius 3 is 2.82 bits per heavy atom. The summed E-state index contributed by atoms with van der Waals surface area (Å²) in [6, 6.07) is 7.74. The predicted molar refractivity (Wildman–Crippen MR) is 75.0 cm³/mol. The number of esters is 1. The van der Waals surface area contributed by atoms with Crippen molar-refractivity contribution in [2.24, 2.45) is 0 Å². The number of hydrogen-bond acceptors (Lipinski definition) is 3. The average Bonchev–Trinajstić information content (AvgIpc) is 2.27. The molecule has 0 saturated carbocycles. The van der Waals surface area contributed by atoms with E-state index in [4.69, 9.17) is 4.74 Å². The van der Waals surface area contributed by atoms with E-state index in [9.17, 15) is 4.79 Å². The third-order valence-corrected chi connectivity index (χ3v) is 2.89. The molecule has 0 amide bonds. The molecule has 0 unspecified atom stereocenters. The molecule has 0 aliphatic heterocycles. The number of carbonyl (C=O) groups is 1. The highest BCUT2D eigenvalue weighted by Gasteiger charge is 2.10. The first-order chi connectivity index (χ1) is 8.06. The number of benzene rings is 1. The molecule has 0 spiro atoms. The molecule has 17 heavy (non-hydrogen) atoms. The van der Waals surface area contributed by atoms with E-state index in [2.05, 4.69) is 27.6 Å². The summed E-state index contributed by atoms with van der Waals surface area (Å²) in [5.41, 5.74) is 1.37. The Kier molecular flexibility index (Phi) is 3.61. The molecule has 1 heterocycles. The van der Waals surface area contributed by atoms with Gasteiger partial charge in [0.2, 0.25) is 0 Å². The van der Waals surface area contributed by atoms with E-state index in [1.54, 1.807) is 6.20 Å². The average molecular weight is 341 g/mol. The summed E-state index contributed by atoms with van der Waals surface area (Å²) < 4.78 is 6.25. The van der Waals surface area contributed by atoms with Crippen LogP contribution in [-0.2, 0) is 4.74 Å². The van der Waals surface area contributed by atoms with Crippen molar-refractivity contribution in [3.05, 3.63) is 39.6 Å². The lowest BCUT2D eigenvalue weighted by Crippen LogP contribution is -2.11. The molecule has 0 aliphatic carbocycles. The van der Waals surface area contributed by atoms with Gasteiger partial charge in [0.05, 0.1) is 17.2 Å². The SMILES string of the molecule is CC(C)OC(=O)c1cnc2ccc(I)cc2c1. The fourth-order valence-corrected chi connectivity index (χ4v) is 2.01. The molecule has 0 bridgehead atoms. The van der Waals surface area contributed by atoms with Crippen molar-refractivity contribution in [3.63, 3.8) is 0 Å². The minimum absolute atomic E-state index is 0.117. The molecule has 0 atom stereocenters. The molecular formula is C13H12INO2. The zero-order valence-electron chi connectivity index (χ0n) is 9.61. The van der Waals surface area contributed by atoms with E-state index >= 15 is 0 Å². The highest BCUT2D eigenvalue weighted by atomic mass is 127. The lowest BCUT2D eigenvalue weighted by atomic mass is 10.1. The van der Waals surface area contributed by atoms with Crippen molar-refractivity contribution >= 4 is 39.5 Å². The Balaban J connectivity index is 2.40. The summed E-state index contributed by atoms with van der Waals surface area (Å²) in [5.74, 6) is -0.326. The smallest absolute Gasteiger partial charge is 0.339 e. The fraction of sp³-hybridized carbons (Fsp3) is 0.231. The van der Waals surface area contributed by atoms with Gasteiger partial charge in [-0.25, -0.2) is 4.79 Å². The minimum atomic E-state index is -0.326. The van der Waals surface area contributed by atoms with Gasteiger partial charge in [0.25, 0.3) is 0 Å². The molecule has 0 radical (unpaired) electrons. The number of carbonyl (C=O) groups excluding carboxylic acids is 1. The lowest BCUT2D eigenvalue weighted by molar-refractivity contribution is 0.0377. The summed E-state index contributed by atoms with van der Waals surface area (Å²) in [6.45, 7) is 3.66. The number of hydrogen-bond donors (Lipinski definition) is 0. The van der Waals surface area contributed by atoms with Gasteiger partial charge in [0.1, 0.15) is 0 Å². The number of ether oxygens (including phenoxy) is 1. The second-order valence-corrected chi connectivity index (χ2v) is 5.26. The highest BCUT2D eigenvalue weighted by Crippen LogP contribution is 2.17. The van der Waals surface area contributed by atoms with Crippen molar-refractivity contribution in [3.8, 4) is 0 Å². The number of aromatic nitrogens is 1. The fourth-order valence-electron chi connectivity index (χ4n) is 1.50. The molecule has 2 rings (SSSR count). The van der Waals surface area contributed by atoms with Crippen molar-refractivity contribution in [1.29, 1.82) is 0 Å². The number of halogens is 1.